The molecule has 98 valence electrons. The zero-order valence-corrected chi connectivity index (χ0v) is 11.2. The molecular weight excluding hydrogens is 224 g/mol. The molecule has 3 nitrogen and oxygen atoms in total. The van der Waals surface area contributed by atoms with Gasteiger partial charge in [-0.15, -0.1) is 0 Å². The lowest BCUT2D eigenvalue weighted by atomic mass is 10.0. The van der Waals surface area contributed by atoms with Crippen LogP contribution < -0.4 is 5.32 Å². The van der Waals surface area contributed by atoms with Gasteiger partial charge in [0.15, 0.2) is 0 Å². The highest BCUT2D eigenvalue weighted by molar-refractivity contribution is 5.37. The summed E-state index contributed by atoms with van der Waals surface area (Å²) < 4.78 is 5.52. The van der Waals surface area contributed by atoms with E-state index >= 15 is 0 Å². The monoisotopic (exact) mass is 246 g/mol. The fraction of sp³-hybridized carbons (Fsp3) is 0.600. The van der Waals surface area contributed by atoms with E-state index in [0.29, 0.717) is 18.1 Å². The van der Waals surface area contributed by atoms with E-state index in [-0.39, 0.29) is 0 Å². The molecule has 3 atom stereocenters. The number of fused-ring (bicyclic) bond motifs is 1. The van der Waals surface area contributed by atoms with Crippen molar-refractivity contribution in [3.05, 3.63) is 35.4 Å². The predicted molar refractivity (Wildman–Crippen MR) is 72.7 cm³/mol. The summed E-state index contributed by atoms with van der Waals surface area (Å²) in [5.74, 6) is 0. The quantitative estimate of drug-likeness (QED) is 0.876. The van der Waals surface area contributed by atoms with E-state index in [4.69, 9.17) is 4.74 Å². The third-order valence-corrected chi connectivity index (χ3v) is 4.52. The van der Waals surface area contributed by atoms with Crippen molar-refractivity contribution >= 4 is 0 Å². The summed E-state index contributed by atoms with van der Waals surface area (Å²) >= 11 is 0. The lowest BCUT2D eigenvalue weighted by molar-refractivity contribution is 0.120. The molecule has 1 heterocycles. The molecule has 3 unspecified atom stereocenters. The Balaban J connectivity index is 1.82. The Kier molecular flexibility index (Phi) is 3.37. The summed E-state index contributed by atoms with van der Waals surface area (Å²) in [6.45, 7) is 1.80. The van der Waals surface area contributed by atoms with Gasteiger partial charge in [0.05, 0.1) is 6.61 Å². The highest BCUT2D eigenvalue weighted by Gasteiger charge is 2.37. The Hall–Kier alpha value is -0.900. The largest absolute Gasteiger partial charge is 0.380 e. The maximum Gasteiger partial charge on any atom is 0.0622 e. The number of hydrogen-bond acceptors (Lipinski definition) is 3. The summed E-state index contributed by atoms with van der Waals surface area (Å²) in [5, 5.41) is 3.49. The van der Waals surface area contributed by atoms with Crippen LogP contribution in [0.2, 0.25) is 0 Å². The summed E-state index contributed by atoms with van der Waals surface area (Å²) in [6, 6.07) is 10.4. The van der Waals surface area contributed by atoms with E-state index in [1.165, 1.54) is 17.5 Å². The topological polar surface area (TPSA) is 24.5 Å². The van der Waals surface area contributed by atoms with Gasteiger partial charge in [0.2, 0.25) is 0 Å². The number of ether oxygens (including phenoxy) is 1. The molecule has 2 aliphatic rings. The fourth-order valence-electron chi connectivity index (χ4n) is 3.42. The second-order valence-electron chi connectivity index (χ2n) is 5.42. The minimum Gasteiger partial charge on any atom is -0.380 e. The van der Waals surface area contributed by atoms with Crippen molar-refractivity contribution in [1.82, 2.24) is 10.2 Å². The Morgan fingerprint density at radius 1 is 1.33 bits per heavy atom. The summed E-state index contributed by atoms with van der Waals surface area (Å²) in [7, 11) is 4.32. The van der Waals surface area contributed by atoms with Crippen LogP contribution in [0.1, 0.15) is 23.6 Å². The fourth-order valence-corrected chi connectivity index (χ4v) is 3.42. The smallest absolute Gasteiger partial charge is 0.0622 e. The van der Waals surface area contributed by atoms with Gasteiger partial charge in [-0.05, 0) is 38.1 Å². The average molecular weight is 246 g/mol. The molecule has 0 bridgehead atoms. The van der Waals surface area contributed by atoms with Gasteiger partial charge in [0, 0.05) is 24.7 Å². The van der Waals surface area contributed by atoms with Crippen LogP contribution >= 0.6 is 0 Å². The molecule has 0 aromatic heterocycles. The van der Waals surface area contributed by atoms with E-state index in [9.17, 15) is 0 Å². The van der Waals surface area contributed by atoms with Gasteiger partial charge in [0.25, 0.3) is 0 Å². The lowest BCUT2D eigenvalue weighted by Gasteiger charge is -2.33. The third-order valence-electron chi connectivity index (χ3n) is 4.52. The standard InChI is InChI=1S/C15H22N2O/c1-16-15-13-6-4-3-5-11(13)9-14(15)17(2)12-7-8-18-10-12/h3-6,12,14-16H,7-10H2,1-2H3. The van der Waals surface area contributed by atoms with Crippen molar-refractivity contribution in [2.24, 2.45) is 0 Å². The number of nitrogens with one attached hydrogen (secondary N) is 1. The molecule has 0 spiro atoms. The Bertz CT molecular complexity index is 415. The Labute approximate surface area is 109 Å². The molecule has 1 aromatic carbocycles. The molecular formula is C15H22N2O. The van der Waals surface area contributed by atoms with Crippen LogP contribution in [-0.4, -0.2) is 44.3 Å². The van der Waals surface area contributed by atoms with Gasteiger partial charge in [-0.2, -0.15) is 0 Å². The molecule has 0 amide bonds. The number of hydrogen-bond donors (Lipinski definition) is 1. The minimum absolute atomic E-state index is 0.451. The second-order valence-corrected chi connectivity index (χ2v) is 5.42. The minimum atomic E-state index is 0.451. The summed E-state index contributed by atoms with van der Waals surface area (Å²) in [5.41, 5.74) is 2.96. The third kappa shape index (κ3) is 1.96. The zero-order valence-electron chi connectivity index (χ0n) is 11.2. The normalized spacial score (nSPS) is 30.9. The van der Waals surface area contributed by atoms with Crippen LogP contribution in [0.15, 0.2) is 24.3 Å². The van der Waals surface area contributed by atoms with Gasteiger partial charge >= 0.3 is 0 Å². The van der Waals surface area contributed by atoms with Crippen molar-refractivity contribution in [3.8, 4) is 0 Å². The van der Waals surface area contributed by atoms with Crippen LogP contribution in [0.25, 0.3) is 0 Å². The highest BCUT2D eigenvalue weighted by atomic mass is 16.5. The van der Waals surface area contributed by atoms with Gasteiger partial charge in [-0.25, -0.2) is 0 Å². The maximum absolute atomic E-state index is 5.52. The average Bonchev–Trinajstić information content (AvgIpc) is 3.04. The van der Waals surface area contributed by atoms with E-state index in [1.54, 1.807) is 0 Å². The van der Waals surface area contributed by atoms with Gasteiger partial charge in [-0.3, -0.25) is 4.90 Å². The molecule has 1 saturated heterocycles. The van der Waals surface area contributed by atoms with Gasteiger partial charge in [-0.1, -0.05) is 24.3 Å². The number of rotatable bonds is 3. The maximum atomic E-state index is 5.52. The SMILES string of the molecule is CNC1c2ccccc2CC1N(C)C1CCOC1. The molecule has 1 aromatic rings. The van der Waals surface area contributed by atoms with E-state index in [0.717, 1.165) is 19.6 Å². The van der Waals surface area contributed by atoms with E-state index in [1.807, 2.05) is 0 Å². The first-order valence-corrected chi connectivity index (χ1v) is 6.86. The molecule has 1 aliphatic heterocycles. The van der Waals surface area contributed by atoms with Gasteiger partial charge < -0.3 is 10.1 Å². The number of benzene rings is 1. The Morgan fingerprint density at radius 2 is 2.17 bits per heavy atom. The van der Waals surface area contributed by atoms with Crippen LogP contribution in [0.3, 0.4) is 0 Å². The summed E-state index contributed by atoms with van der Waals surface area (Å²) in [4.78, 5) is 2.52. The molecule has 1 fully saturated rings. The van der Waals surface area contributed by atoms with Crippen LogP contribution in [0.4, 0.5) is 0 Å². The molecule has 0 radical (unpaired) electrons. The van der Waals surface area contributed by atoms with Crippen LogP contribution in [-0.2, 0) is 11.2 Å². The molecule has 1 N–H and O–H groups in total. The van der Waals surface area contributed by atoms with E-state index in [2.05, 4.69) is 48.6 Å². The molecule has 18 heavy (non-hydrogen) atoms. The number of nitrogens with zero attached hydrogens (tertiary/aromatic N) is 1. The van der Waals surface area contributed by atoms with Crippen LogP contribution in [0.5, 0.6) is 0 Å². The zero-order chi connectivity index (χ0) is 12.5. The molecule has 3 heteroatoms. The first-order valence-electron chi connectivity index (χ1n) is 6.86. The first-order chi connectivity index (χ1) is 8.81. The predicted octanol–water partition coefficient (Wildman–Crippen LogP) is 1.59. The second kappa shape index (κ2) is 5.00. The van der Waals surface area contributed by atoms with Crippen molar-refractivity contribution in [1.29, 1.82) is 0 Å². The number of likely N-dealkylation sites (N-methyl/N-ethyl adjacent to an activating group) is 2. The van der Waals surface area contributed by atoms with E-state index < -0.39 is 0 Å². The molecule has 3 rings (SSSR count). The van der Waals surface area contributed by atoms with Gasteiger partial charge in [0.1, 0.15) is 0 Å². The lowest BCUT2D eigenvalue weighted by Crippen LogP contribution is -2.45. The summed E-state index contributed by atoms with van der Waals surface area (Å²) in [6.07, 6.45) is 2.31. The Morgan fingerprint density at radius 3 is 2.89 bits per heavy atom. The van der Waals surface area contributed by atoms with Crippen LogP contribution in [0, 0.1) is 0 Å². The van der Waals surface area contributed by atoms with Crippen molar-refractivity contribution in [2.75, 3.05) is 27.3 Å². The molecule has 0 saturated carbocycles. The highest BCUT2D eigenvalue weighted by Crippen LogP contribution is 2.35. The van der Waals surface area contributed by atoms with Crippen molar-refractivity contribution in [2.45, 2.75) is 31.0 Å². The van der Waals surface area contributed by atoms with Crippen molar-refractivity contribution < 1.29 is 4.74 Å². The van der Waals surface area contributed by atoms with Crippen molar-refractivity contribution in [3.63, 3.8) is 0 Å². The molecule has 1 aliphatic carbocycles. The first kappa shape index (κ1) is 12.2.